The molecule has 0 unspecified atom stereocenters. The van der Waals surface area contributed by atoms with Crippen LogP contribution >= 0.6 is 31.3 Å². The van der Waals surface area contributed by atoms with Crippen LogP contribution in [0, 0.1) is 0 Å². The average Bonchev–Trinajstić information content (AvgIpc) is 1.62. The zero-order valence-electron chi connectivity index (χ0n) is 15.2. The van der Waals surface area contributed by atoms with Crippen LogP contribution in [0.4, 0.5) is 0 Å². The molecule has 0 aliphatic heterocycles. The van der Waals surface area contributed by atoms with Crippen molar-refractivity contribution in [2.75, 3.05) is 0 Å². The van der Waals surface area contributed by atoms with Gasteiger partial charge in [0.2, 0.25) is 0 Å². The van der Waals surface area contributed by atoms with E-state index < -0.39 is 31.3 Å². The van der Waals surface area contributed by atoms with Crippen LogP contribution in [0.3, 0.4) is 0 Å². The first kappa shape index (κ1) is 50.1. The van der Waals surface area contributed by atoms with E-state index in [1.165, 1.54) is 0 Å². The fraction of sp³-hybridized carbons (Fsp3) is 0. The van der Waals surface area contributed by atoms with Gasteiger partial charge >= 0.3 is 77.4 Å². The molecule has 24 heteroatoms. The van der Waals surface area contributed by atoms with Crippen molar-refractivity contribution in [2.45, 2.75) is 0 Å². The van der Waals surface area contributed by atoms with Crippen LogP contribution in [0.2, 0.25) is 0 Å². The van der Waals surface area contributed by atoms with Gasteiger partial charge in [0.25, 0.3) is 0 Å². The summed E-state index contributed by atoms with van der Waals surface area (Å²) < 4.78 is 35.5. The molecule has 0 aliphatic carbocycles. The molecule has 0 aromatic carbocycles. The molecule has 0 heterocycles. The molecule has 18 nitrogen and oxygen atoms in total. The maximum atomic E-state index is 8.88. The minimum atomic E-state index is -4.64. The Hall–Kier alpha value is 1.89. The second kappa shape index (κ2) is 21.2. The Morgan fingerprint density at radius 1 is 0.375 bits per heavy atom. The smallest absolute Gasteiger partial charge is 1.00 e. The molecule has 0 aliphatic rings. The second-order valence-corrected chi connectivity index (χ2v) is 6.16. The van der Waals surface area contributed by atoms with Crippen LogP contribution in [0.5, 0.6) is 0 Å². The van der Waals surface area contributed by atoms with Gasteiger partial charge in [-0.15, -0.1) is 0 Å². The summed E-state index contributed by atoms with van der Waals surface area (Å²) in [5.74, 6) is 0. The van der Waals surface area contributed by atoms with E-state index in [0.29, 0.717) is 0 Å². The minimum absolute atomic E-state index is 0. The van der Waals surface area contributed by atoms with Crippen LogP contribution in [-0.4, -0.2) is 116 Å². The third-order valence-electron chi connectivity index (χ3n) is 0. The zero-order valence-corrected chi connectivity index (χ0v) is 17.6. The van der Waals surface area contributed by atoms with Crippen LogP contribution in [0.25, 0.3) is 0 Å². The summed E-state index contributed by atoms with van der Waals surface area (Å²) in [7, 11) is -18.6. The molecule has 0 saturated heterocycles. The van der Waals surface area contributed by atoms with Crippen LogP contribution in [0.15, 0.2) is 0 Å². The third kappa shape index (κ3) is 3500. The molecule has 0 spiro atoms. The summed E-state index contributed by atoms with van der Waals surface area (Å²) in [6.07, 6.45) is 0. The van der Waals surface area contributed by atoms with Gasteiger partial charge in [-0.05, 0) is 0 Å². The molecule has 24 heavy (non-hydrogen) atoms. The summed E-state index contributed by atoms with van der Waals surface area (Å²) in [6, 6.07) is 0. The Morgan fingerprint density at radius 3 is 0.375 bits per heavy atom. The Labute approximate surface area is 171 Å². The first-order valence-electron chi connectivity index (χ1n) is 3.13. The maximum Gasteiger partial charge on any atom is 2.00 e. The van der Waals surface area contributed by atoms with E-state index in [-0.39, 0.29) is 62.8 Å². The van der Waals surface area contributed by atoms with Crippen molar-refractivity contribution in [1.82, 2.24) is 0 Å². The first-order chi connectivity index (χ1) is 8.00. The topological polar surface area (TPSA) is 374 Å². The second-order valence-electron chi connectivity index (χ2n) is 2.05. The Morgan fingerprint density at radius 2 is 0.375 bits per heavy atom. The van der Waals surface area contributed by atoms with E-state index in [2.05, 4.69) is 0 Å². The molecule has 0 amide bonds. The quantitative estimate of drug-likeness (QED) is 0.113. The van der Waals surface area contributed by atoms with E-state index in [9.17, 15) is 0 Å². The van der Waals surface area contributed by atoms with Gasteiger partial charge < -0.3 is 75.4 Å². The van der Waals surface area contributed by atoms with Crippen molar-refractivity contribution in [1.29, 1.82) is 0 Å². The fourth-order valence-corrected chi connectivity index (χ4v) is 0. The van der Waals surface area contributed by atoms with Crippen molar-refractivity contribution < 1.29 is 93.6 Å². The van der Waals surface area contributed by atoms with E-state index in [4.69, 9.17) is 77.0 Å². The molecule has 0 fully saturated rings. The minimum Gasteiger partial charge on any atom is -1.00 e. The molecule has 0 radical (unpaired) electrons. The van der Waals surface area contributed by atoms with Crippen molar-refractivity contribution in [3.8, 4) is 0 Å². The van der Waals surface area contributed by atoms with Crippen molar-refractivity contribution in [2.24, 2.45) is 0 Å². The molecule has 16 N–H and O–H groups in total. The van der Waals surface area contributed by atoms with Gasteiger partial charge in [-0.2, -0.15) is 0 Å². The fourth-order valence-electron chi connectivity index (χ4n) is 0. The van der Waals surface area contributed by atoms with Gasteiger partial charge in [-0.3, -0.25) is 0 Å². The Bertz CT molecular complexity index is 306. The van der Waals surface area contributed by atoms with Crippen molar-refractivity contribution >= 4 is 77.4 Å². The predicted molar refractivity (Wildman–Crippen MR) is 80.2 cm³/mol. The molecule has 0 aromatic heterocycles. The molecule has 0 aromatic rings. The van der Waals surface area contributed by atoms with Gasteiger partial charge in [0.05, 0.1) is 0 Å². The Kier molecular flexibility index (Phi) is 44.3. The Balaban J connectivity index is -0.0000000111. The molecular weight excluding hydrogens is 460 g/mol. The zero-order chi connectivity index (χ0) is 18.0. The SMILES string of the molecule is O.O.O=P(O)(O)O.O=P(O)(O)O.O=P(O)(O)O.O=P(O)(O)O.[H-].[H-].[H-].[H-].[Mg+2].[Mg+2]. The van der Waals surface area contributed by atoms with E-state index in [1.807, 2.05) is 0 Å². The van der Waals surface area contributed by atoms with E-state index in [0.717, 1.165) is 0 Å². The number of phosphoric acid groups is 4. The normalized spacial score (nSPS) is 9.83. The van der Waals surface area contributed by atoms with Gasteiger partial charge in [-0.1, -0.05) is 0 Å². The molecule has 0 bridgehead atoms. The standard InChI is InChI=1S/2Mg.4H3O4P.2H2O.4H/c;;4*1-5(2,3)4;;;;;;/h;;4*(H3,1,2,3,4);2*1H2;;;;/q2*+2;;;;;;;4*-1. The van der Waals surface area contributed by atoms with Crippen LogP contribution in [-0.2, 0) is 18.3 Å². The number of rotatable bonds is 0. The predicted octanol–water partition coefficient (Wildman–Crippen LogP) is -5.68. The molecule has 0 saturated carbocycles. The van der Waals surface area contributed by atoms with Gasteiger partial charge in [-0.25, -0.2) is 18.3 Å². The molecule has 0 atom stereocenters. The summed E-state index contributed by atoms with van der Waals surface area (Å²) >= 11 is 0. The number of hydrogen-bond donors (Lipinski definition) is 12. The van der Waals surface area contributed by atoms with E-state index in [1.54, 1.807) is 0 Å². The van der Waals surface area contributed by atoms with Crippen LogP contribution < -0.4 is 0 Å². The molecule has 152 valence electrons. The summed E-state index contributed by atoms with van der Waals surface area (Å²) in [5.41, 5.74) is 0. The van der Waals surface area contributed by atoms with Crippen LogP contribution in [0.1, 0.15) is 5.71 Å². The van der Waals surface area contributed by atoms with E-state index >= 15 is 0 Å². The largest absolute Gasteiger partial charge is 2.00 e. The van der Waals surface area contributed by atoms with Gasteiger partial charge in [0.1, 0.15) is 0 Å². The van der Waals surface area contributed by atoms with Gasteiger partial charge in [0.15, 0.2) is 0 Å². The summed E-state index contributed by atoms with van der Waals surface area (Å²) in [5, 5.41) is 0. The summed E-state index contributed by atoms with van der Waals surface area (Å²) in [6.45, 7) is 0. The average molecular weight is 481 g/mol. The monoisotopic (exact) mass is 480 g/mol. The number of hydrogen-bond acceptors (Lipinski definition) is 4. The van der Waals surface area contributed by atoms with Crippen molar-refractivity contribution in [3.05, 3.63) is 0 Å². The third-order valence-corrected chi connectivity index (χ3v) is 0. The summed E-state index contributed by atoms with van der Waals surface area (Å²) in [4.78, 5) is 86.2. The maximum absolute atomic E-state index is 8.88. The van der Waals surface area contributed by atoms with Crippen molar-refractivity contribution in [3.63, 3.8) is 0 Å². The molecular formula is H20Mg2O18P4. The van der Waals surface area contributed by atoms with Gasteiger partial charge in [0, 0.05) is 0 Å². The molecule has 0 rings (SSSR count). The first-order valence-corrected chi connectivity index (χ1v) is 9.39.